The Morgan fingerprint density at radius 1 is 1.03 bits per heavy atom. The second-order valence-corrected chi connectivity index (χ2v) is 10.3. The Kier molecular flexibility index (Phi) is 5.75. The summed E-state index contributed by atoms with van der Waals surface area (Å²) in [7, 11) is 0. The number of alkyl carbamates (subject to hydrolysis) is 1. The highest BCUT2D eigenvalue weighted by molar-refractivity contribution is 6.21. The number of ether oxygens (including phenoxy) is 3. The van der Waals surface area contributed by atoms with Crippen LogP contribution in [0, 0.1) is 0 Å². The molecule has 176 valence electrons. The lowest BCUT2D eigenvalue weighted by molar-refractivity contribution is -0.271. The van der Waals surface area contributed by atoms with Gasteiger partial charge >= 0.3 is 6.09 Å². The van der Waals surface area contributed by atoms with Gasteiger partial charge < -0.3 is 24.6 Å². The van der Waals surface area contributed by atoms with E-state index in [1.165, 1.54) is 6.07 Å². The van der Waals surface area contributed by atoms with E-state index < -0.39 is 23.0 Å². The summed E-state index contributed by atoms with van der Waals surface area (Å²) in [5.41, 5.74) is 2.50. The number of phenols is 1. The average molecular weight is 454 g/mol. The first-order valence-electron chi connectivity index (χ1n) is 11.2. The van der Waals surface area contributed by atoms with E-state index in [0.29, 0.717) is 37.2 Å². The van der Waals surface area contributed by atoms with E-state index in [-0.39, 0.29) is 11.5 Å². The van der Waals surface area contributed by atoms with Gasteiger partial charge in [0.25, 0.3) is 0 Å². The van der Waals surface area contributed by atoms with Crippen molar-refractivity contribution in [2.24, 2.45) is 0 Å². The number of aryl methyl sites for hydroxylation is 1. The number of phenolic OH excluding ortho intramolecular Hbond substituents is 1. The van der Waals surface area contributed by atoms with Crippen molar-refractivity contribution in [2.45, 2.75) is 64.4 Å². The SMILES string of the molecule is CC(C)(C)OC(=O)NC1(CCc2ccc3c(c2)-c2ccc(O)cc2C3=O)COC(C)(C)OC1. The average Bonchev–Trinajstić information content (AvgIpc) is 2.98. The Morgan fingerprint density at radius 2 is 1.70 bits per heavy atom. The number of ketones is 1. The molecule has 2 aromatic rings. The van der Waals surface area contributed by atoms with Crippen molar-refractivity contribution in [3.63, 3.8) is 0 Å². The van der Waals surface area contributed by atoms with Crippen LogP contribution in [0.3, 0.4) is 0 Å². The molecule has 1 amide bonds. The molecule has 7 heteroatoms. The maximum Gasteiger partial charge on any atom is 0.408 e. The maximum absolute atomic E-state index is 12.7. The van der Waals surface area contributed by atoms with Crippen molar-refractivity contribution in [3.8, 4) is 16.9 Å². The number of hydrogen-bond donors (Lipinski definition) is 2. The van der Waals surface area contributed by atoms with Crippen molar-refractivity contribution in [3.05, 3.63) is 53.1 Å². The predicted molar refractivity (Wildman–Crippen MR) is 123 cm³/mol. The summed E-state index contributed by atoms with van der Waals surface area (Å²) in [4.78, 5) is 25.3. The summed E-state index contributed by atoms with van der Waals surface area (Å²) in [5.74, 6) is -0.727. The lowest BCUT2D eigenvalue weighted by atomic mass is 9.90. The monoisotopic (exact) mass is 453 g/mol. The second kappa shape index (κ2) is 8.15. The van der Waals surface area contributed by atoms with Gasteiger partial charge in [-0.15, -0.1) is 0 Å². The third kappa shape index (κ3) is 5.04. The molecule has 1 fully saturated rings. The van der Waals surface area contributed by atoms with Gasteiger partial charge in [-0.3, -0.25) is 4.79 Å². The van der Waals surface area contributed by atoms with Gasteiger partial charge in [0.2, 0.25) is 0 Å². The molecule has 4 rings (SSSR count). The number of nitrogens with one attached hydrogen (secondary N) is 1. The van der Waals surface area contributed by atoms with Crippen molar-refractivity contribution in [2.75, 3.05) is 13.2 Å². The molecular weight excluding hydrogens is 422 g/mol. The van der Waals surface area contributed by atoms with Crippen LogP contribution >= 0.6 is 0 Å². The molecule has 0 radical (unpaired) electrons. The molecule has 0 atom stereocenters. The van der Waals surface area contributed by atoms with Gasteiger partial charge in [0.05, 0.1) is 18.8 Å². The highest BCUT2D eigenvalue weighted by Crippen LogP contribution is 2.39. The quantitative estimate of drug-likeness (QED) is 0.600. The van der Waals surface area contributed by atoms with Crippen LogP contribution in [-0.4, -0.2) is 47.1 Å². The van der Waals surface area contributed by atoms with Crippen molar-refractivity contribution >= 4 is 11.9 Å². The minimum absolute atomic E-state index is 0.0745. The van der Waals surface area contributed by atoms with E-state index >= 15 is 0 Å². The molecule has 1 aliphatic heterocycles. The van der Waals surface area contributed by atoms with Crippen molar-refractivity contribution < 1.29 is 28.9 Å². The zero-order chi connectivity index (χ0) is 24.0. The molecule has 0 aromatic heterocycles. The molecule has 1 saturated heterocycles. The van der Waals surface area contributed by atoms with Crippen LogP contribution < -0.4 is 5.32 Å². The molecule has 0 unspecified atom stereocenters. The summed E-state index contributed by atoms with van der Waals surface area (Å²) < 4.78 is 17.2. The largest absolute Gasteiger partial charge is 0.508 e. The van der Waals surface area contributed by atoms with Gasteiger partial charge in [-0.25, -0.2) is 4.79 Å². The molecule has 1 heterocycles. The van der Waals surface area contributed by atoms with Gasteiger partial charge in [0, 0.05) is 11.1 Å². The van der Waals surface area contributed by atoms with Crippen LogP contribution in [-0.2, 0) is 20.6 Å². The zero-order valence-corrected chi connectivity index (χ0v) is 19.8. The second-order valence-electron chi connectivity index (χ2n) is 10.3. The molecule has 0 saturated carbocycles. The molecule has 2 N–H and O–H groups in total. The Hall–Kier alpha value is -2.90. The zero-order valence-electron chi connectivity index (χ0n) is 19.8. The number of amides is 1. The smallest absolute Gasteiger partial charge is 0.408 e. The van der Waals surface area contributed by atoms with Crippen LogP contribution in [0.4, 0.5) is 4.79 Å². The van der Waals surface area contributed by atoms with Crippen molar-refractivity contribution in [1.82, 2.24) is 5.32 Å². The van der Waals surface area contributed by atoms with E-state index in [0.717, 1.165) is 16.7 Å². The predicted octanol–water partition coefficient (Wildman–Crippen LogP) is 4.58. The molecule has 0 bridgehead atoms. The number of benzene rings is 2. The fourth-order valence-corrected chi connectivity index (χ4v) is 4.16. The number of carbonyl (C=O) groups excluding carboxylic acids is 2. The third-order valence-corrected chi connectivity index (χ3v) is 5.92. The first-order chi connectivity index (χ1) is 15.4. The minimum atomic E-state index is -0.740. The molecule has 2 aromatic carbocycles. The van der Waals surface area contributed by atoms with Gasteiger partial charge in [-0.2, -0.15) is 0 Å². The van der Waals surface area contributed by atoms with Crippen LogP contribution in [0.1, 0.15) is 62.5 Å². The topological polar surface area (TPSA) is 94.1 Å². The first-order valence-corrected chi connectivity index (χ1v) is 11.2. The van der Waals surface area contributed by atoms with Crippen LogP contribution in [0.25, 0.3) is 11.1 Å². The standard InChI is InChI=1S/C26H31NO6/c1-24(2,3)33-23(30)27-26(14-31-25(4,5)32-15-26)11-10-16-6-8-19-20(12-16)18-9-7-17(28)13-21(18)22(19)29/h6-9,12-13,28H,10-11,14-15H2,1-5H3,(H,27,30). The van der Waals surface area contributed by atoms with Gasteiger partial charge in [0.1, 0.15) is 11.4 Å². The highest BCUT2D eigenvalue weighted by atomic mass is 16.7. The Balaban J connectivity index is 1.54. The number of aromatic hydroxyl groups is 1. The van der Waals surface area contributed by atoms with E-state index in [9.17, 15) is 14.7 Å². The molecule has 0 spiro atoms. The number of carbonyl (C=O) groups is 2. The summed E-state index contributed by atoms with van der Waals surface area (Å²) >= 11 is 0. The number of hydrogen-bond acceptors (Lipinski definition) is 6. The first kappa shape index (κ1) is 23.3. The highest BCUT2D eigenvalue weighted by Gasteiger charge is 2.42. The van der Waals surface area contributed by atoms with Crippen LogP contribution in [0.15, 0.2) is 36.4 Å². The van der Waals surface area contributed by atoms with E-state index in [2.05, 4.69) is 5.32 Å². The molecule has 7 nitrogen and oxygen atoms in total. The fraction of sp³-hybridized carbons (Fsp3) is 0.462. The normalized spacial score (nSPS) is 18.4. The Morgan fingerprint density at radius 3 is 2.36 bits per heavy atom. The Bertz CT molecular complexity index is 1090. The van der Waals surface area contributed by atoms with E-state index in [1.807, 2.05) is 52.8 Å². The lowest BCUT2D eigenvalue weighted by Gasteiger charge is -2.44. The van der Waals surface area contributed by atoms with Crippen LogP contribution in [0.5, 0.6) is 5.75 Å². The lowest BCUT2D eigenvalue weighted by Crippen LogP contribution is -2.61. The summed E-state index contributed by atoms with van der Waals surface area (Å²) in [6.45, 7) is 9.74. The number of rotatable bonds is 4. The molecule has 2 aliphatic rings. The molecular formula is C26H31NO6. The van der Waals surface area contributed by atoms with Crippen molar-refractivity contribution in [1.29, 1.82) is 0 Å². The Labute approximate surface area is 194 Å². The van der Waals surface area contributed by atoms with Gasteiger partial charge in [-0.1, -0.05) is 18.2 Å². The van der Waals surface area contributed by atoms with E-state index in [4.69, 9.17) is 14.2 Å². The molecule has 33 heavy (non-hydrogen) atoms. The maximum atomic E-state index is 12.7. The summed E-state index contributed by atoms with van der Waals surface area (Å²) in [6, 6.07) is 10.6. The van der Waals surface area contributed by atoms with Crippen LogP contribution in [0.2, 0.25) is 0 Å². The fourth-order valence-electron chi connectivity index (χ4n) is 4.16. The number of fused-ring (bicyclic) bond motifs is 3. The van der Waals surface area contributed by atoms with Gasteiger partial charge in [-0.05, 0) is 82.3 Å². The third-order valence-electron chi connectivity index (χ3n) is 5.92. The van der Waals surface area contributed by atoms with E-state index in [1.54, 1.807) is 12.1 Å². The summed E-state index contributed by atoms with van der Waals surface area (Å²) in [6.07, 6.45) is 0.692. The van der Waals surface area contributed by atoms with Gasteiger partial charge in [0.15, 0.2) is 11.6 Å². The minimum Gasteiger partial charge on any atom is -0.508 e. The molecule has 1 aliphatic carbocycles. The summed E-state index contributed by atoms with van der Waals surface area (Å²) in [5, 5.41) is 12.7.